The molecule has 0 saturated carbocycles. The number of hydrogen-bond donors (Lipinski definition) is 1. The molecule has 13 heavy (non-hydrogen) atoms. The first-order valence-electron chi connectivity index (χ1n) is 3.91. The summed E-state index contributed by atoms with van der Waals surface area (Å²) >= 11 is 5.81. The Morgan fingerprint density at radius 2 is 2.31 bits per heavy atom. The number of hydrogen-bond acceptors (Lipinski definition) is 2. The van der Waals surface area contributed by atoms with Crippen LogP contribution in [0, 0.1) is 0 Å². The molecular formula is C9H11Cl2NO. The van der Waals surface area contributed by atoms with Gasteiger partial charge in [0.05, 0.1) is 6.04 Å². The standard InChI is InChI=1S/C9H10ClNO.ClH/c1-11-8-5-12-9-4-6(10)2-3-7(8)9;/h2-4,8,11H,5H2,1H3;1H/t8-;/m1./s1. The van der Waals surface area contributed by atoms with E-state index in [1.165, 1.54) is 5.56 Å². The molecule has 0 aliphatic carbocycles. The van der Waals surface area contributed by atoms with E-state index in [1.54, 1.807) is 0 Å². The van der Waals surface area contributed by atoms with Crippen LogP contribution in [-0.2, 0) is 0 Å². The molecule has 1 aromatic carbocycles. The van der Waals surface area contributed by atoms with E-state index in [1.807, 2.05) is 25.2 Å². The Kier molecular flexibility index (Phi) is 3.42. The minimum atomic E-state index is 0. The van der Waals surface area contributed by atoms with E-state index in [-0.39, 0.29) is 12.4 Å². The molecule has 1 atom stereocenters. The van der Waals surface area contributed by atoms with Crippen molar-refractivity contribution in [2.24, 2.45) is 0 Å². The van der Waals surface area contributed by atoms with Gasteiger partial charge in [-0.2, -0.15) is 0 Å². The van der Waals surface area contributed by atoms with Crippen molar-refractivity contribution in [1.29, 1.82) is 0 Å². The lowest BCUT2D eigenvalue weighted by Gasteiger charge is -2.05. The van der Waals surface area contributed by atoms with Gasteiger partial charge in [0.25, 0.3) is 0 Å². The van der Waals surface area contributed by atoms with Crippen LogP contribution in [0.15, 0.2) is 18.2 Å². The fourth-order valence-corrected chi connectivity index (χ4v) is 1.58. The monoisotopic (exact) mass is 219 g/mol. The maximum Gasteiger partial charge on any atom is 0.125 e. The van der Waals surface area contributed by atoms with Crippen molar-refractivity contribution in [3.05, 3.63) is 28.8 Å². The van der Waals surface area contributed by atoms with Crippen LogP contribution in [0.2, 0.25) is 5.02 Å². The van der Waals surface area contributed by atoms with Gasteiger partial charge in [0.15, 0.2) is 0 Å². The normalized spacial score (nSPS) is 18.8. The molecule has 1 aliphatic heterocycles. The average molecular weight is 220 g/mol. The SMILES string of the molecule is CN[C@@H]1COc2cc(Cl)ccc21.Cl. The number of rotatable bonds is 1. The highest BCUT2D eigenvalue weighted by atomic mass is 35.5. The van der Waals surface area contributed by atoms with Crippen LogP contribution in [0.25, 0.3) is 0 Å². The number of likely N-dealkylation sites (N-methyl/N-ethyl adjacent to an activating group) is 1. The minimum Gasteiger partial charge on any atom is -0.491 e. The maximum atomic E-state index is 5.81. The van der Waals surface area contributed by atoms with Crippen molar-refractivity contribution in [3.63, 3.8) is 0 Å². The molecule has 2 rings (SSSR count). The molecule has 1 N–H and O–H groups in total. The van der Waals surface area contributed by atoms with Crippen LogP contribution in [-0.4, -0.2) is 13.7 Å². The van der Waals surface area contributed by atoms with Gasteiger partial charge in [0, 0.05) is 10.6 Å². The lowest BCUT2D eigenvalue weighted by atomic mass is 10.1. The van der Waals surface area contributed by atoms with Crippen LogP contribution in [0.3, 0.4) is 0 Å². The van der Waals surface area contributed by atoms with Crippen molar-refractivity contribution < 1.29 is 4.74 Å². The van der Waals surface area contributed by atoms with Crippen LogP contribution in [0.5, 0.6) is 5.75 Å². The number of nitrogens with one attached hydrogen (secondary N) is 1. The van der Waals surface area contributed by atoms with Crippen molar-refractivity contribution in [1.82, 2.24) is 5.32 Å². The molecule has 4 heteroatoms. The van der Waals surface area contributed by atoms with Gasteiger partial charge in [0.1, 0.15) is 12.4 Å². The topological polar surface area (TPSA) is 21.3 Å². The van der Waals surface area contributed by atoms with Crippen molar-refractivity contribution in [3.8, 4) is 5.75 Å². The molecule has 0 aromatic heterocycles. The molecule has 0 fully saturated rings. The van der Waals surface area contributed by atoms with E-state index < -0.39 is 0 Å². The third-order valence-electron chi connectivity index (χ3n) is 2.10. The molecule has 0 spiro atoms. The second-order valence-corrected chi connectivity index (χ2v) is 3.27. The van der Waals surface area contributed by atoms with Crippen LogP contribution in [0.1, 0.15) is 11.6 Å². The first kappa shape index (κ1) is 10.6. The van der Waals surface area contributed by atoms with Crippen LogP contribution >= 0.6 is 24.0 Å². The Bertz CT molecular complexity index is 304. The molecule has 1 heterocycles. The summed E-state index contributed by atoms with van der Waals surface area (Å²) in [6.07, 6.45) is 0. The molecule has 0 unspecified atom stereocenters. The third-order valence-corrected chi connectivity index (χ3v) is 2.34. The lowest BCUT2D eigenvalue weighted by molar-refractivity contribution is 0.318. The summed E-state index contributed by atoms with van der Waals surface area (Å²) in [5.74, 6) is 0.904. The highest BCUT2D eigenvalue weighted by Gasteiger charge is 2.21. The first-order chi connectivity index (χ1) is 5.81. The van der Waals surface area contributed by atoms with E-state index in [0.29, 0.717) is 12.6 Å². The van der Waals surface area contributed by atoms with E-state index in [2.05, 4.69) is 5.32 Å². The van der Waals surface area contributed by atoms with Crippen LogP contribution < -0.4 is 10.1 Å². The van der Waals surface area contributed by atoms with E-state index in [9.17, 15) is 0 Å². The summed E-state index contributed by atoms with van der Waals surface area (Å²) in [4.78, 5) is 0. The number of ether oxygens (including phenoxy) is 1. The second-order valence-electron chi connectivity index (χ2n) is 2.83. The number of benzene rings is 1. The molecule has 0 bridgehead atoms. The van der Waals surface area contributed by atoms with Gasteiger partial charge < -0.3 is 10.1 Å². The molecule has 0 radical (unpaired) electrons. The average Bonchev–Trinajstić information content (AvgIpc) is 2.46. The fraction of sp³-hybridized carbons (Fsp3) is 0.333. The molecule has 0 saturated heterocycles. The fourth-order valence-electron chi connectivity index (χ4n) is 1.42. The van der Waals surface area contributed by atoms with Gasteiger partial charge in [-0.25, -0.2) is 0 Å². The smallest absolute Gasteiger partial charge is 0.125 e. The molecule has 1 aromatic rings. The van der Waals surface area contributed by atoms with Gasteiger partial charge in [-0.1, -0.05) is 17.7 Å². The Morgan fingerprint density at radius 1 is 1.54 bits per heavy atom. The Balaban J connectivity index is 0.000000845. The van der Waals surface area contributed by atoms with E-state index in [4.69, 9.17) is 16.3 Å². The summed E-state index contributed by atoms with van der Waals surface area (Å²) in [5.41, 5.74) is 1.20. The van der Waals surface area contributed by atoms with Crippen LogP contribution in [0.4, 0.5) is 0 Å². The Hall–Kier alpha value is -0.440. The van der Waals surface area contributed by atoms with Gasteiger partial charge in [-0.15, -0.1) is 12.4 Å². The summed E-state index contributed by atoms with van der Waals surface area (Å²) in [6.45, 7) is 0.701. The zero-order chi connectivity index (χ0) is 8.55. The highest BCUT2D eigenvalue weighted by molar-refractivity contribution is 6.30. The molecule has 1 aliphatic rings. The van der Waals surface area contributed by atoms with E-state index in [0.717, 1.165) is 10.8 Å². The minimum absolute atomic E-state index is 0. The molecule has 72 valence electrons. The van der Waals surface area contributed by atoms with Crippen molar-refractivity contribution in [2.75, 3.05) is 13.7 Å². The van der Waals surface area contributed by atoms with E-state index >= 15 is 0 Å². The predicted molar refractivity (Wildman–Crippen MR) is 56.0 cm³/mol. The van der Waals surface area contributed by atoms with Crippen molar-refractivity contribution >= 4 is 24.0 Å². The van der Waals surface area contributed by atoms with Crippen molar-refractivity contribution in [2.45, 2.75) is 6.04 Å². The summed E-state index contributed by atoms with van der Waals surface area (Å²) in [7, 11) is 1.93. The van der Waals surface area contributed by atoms with Gasteiger partial charge in [0.2, 0.25) is 0 Å². The predicted octanol–water partition coefficient (Wildman–Crippen LogP) is 2.41. The lowest BCUT2D eigenvalue weighted by Crippen LogP contribution is -2.16. The van der Waals surface area contributed by atoms with Gasteiger partial charge in [-0.05, 0) is 19.2 Å². The van der Waals surface area contributed by atoms with Gasteiger partial charge >= 0.3 is 0 Å². The first-order valence-corrected chi connectivity index (χ1v) is 4.28. The Labute approximate surface area is 88.6 Å². The number of halogens is 2. The maximum absolute atomic E-state index is 5.81. The largest absolute Gasteiger partial charge is 0.491 e. The Morgan fingerprint density at radius 3 is 3.00 bits per heavy atom. The highest BCUT2D eigenvalue weighted by Crippen LogP contribution is 2.33. The molecule has 0 amide bonds. The zero-order valence-corrected chi connectivity index (χ0v) is 8.78. The second kappa shape index (κ2) is 4.18. The molecule has 2 nitrogen and oxygen atoms in total. The summed E-state index contributed by atoms with van der Waals surface area (Å²) < 4.78 is 5.44. The van der Waals surface area contributed by atoms with Gasteiger partial charge in [-0.3, -0.25) is 0 Å². The zero-order valence-electron chi connectivity index (χ0n) is 7.21. The third kappa shape index (κ3) is 1.90. The summed E-state index contributed by atoms with van der Waals surface area (Å²) in [6, 6.07) is 6.07. The number of fused-ring (bicyclic) bond motifs is 1. The summed E-state index contributed by atoms with van der Waals surface area (Å²) in [5, 5.41) is 3.90. The quantitative estimate of drug-likeness (QED) is 0.784. The molecular weight excluding hydrogens is 209 g/mol.